The van der Waals surface area contributed by atoms with Gasteiger partial charge in [0.05, 0.1) is 16.1 Å². The molecule has 1 N–H and O–H groups in total. The van der Waals surface area contributed by atoms with Crippen LogP contribution in [0.4, 0.5) is 18.9 Å². The molecule has 0 aromatic heterocycles. The Morgan fingerprint density at radius 1 is 1.16 bits per heavy atom. The fourth-order valence-corrected chi connectivity index (χ4v) is 2.07. The number of hydrogen-bond donors (Lipinski definition) is 1. The van der Waals surface area contributed by atoms with E-state index in [1.807, 2.05) is 0 Å². The van der Waals surface area contributed by atoms with Crippen LogP contribution in [-0.4, -0.2) is 10.8 Å². The second-order valence-corrected chi connectivity index (χ2v) is 5.07. The van der Waals surface area contributed by atoms with Gasteiger partial charge in [0.1, 0.15) is 0 Å². The number of rotatable bonds is 5. The Bertz CT molecular complexity index is 817. The van der Waals surface area contributed by atoms with Gasteiger partial charge in [-0.05, 0) is 29.8 Å². The maximum atomic E-state index is 12.6. The predicted octanol–water partition coefficient (Wildman–Crippen LogP) is 3.94. The second kappa shape index (κ2) is 7.61. The van der Waals surface area contributed by atoms with E-state index in [2.05, 4.69) is 5.32 Å². The van der Waals surface area contributed by atoms with Crippen LogP contribution in [0.3, 0.4) is 0 Å². The molecule has 2 aromatic rings. The molecule has 0 saturated carbocycles. The van der Waals surface area contributed by atoms with Crippen molar-refractivity contribution in [3.05, 3.63) is 81.4 Å². The first-order valence-electron chi connectivity index (χ1n) is 7.13. The first-order valence-corrected chi connectivity index (χ1v) is 7.13. The zero-order chi connectivity index (χ0) is 18.4. The molecule has 0 spiro atoms. The van der Waals surface area contributed by atoms with Crippen molar-refractivity contribution in [2.45, 2.75) is 12.7 Å². The van der Waals surface area contributed by atoms with Crippen molar-refractivity contribution < 1.29 is 22.9 Å². The molecule has 0 atom stereocenters. The smallest absolute Gasteiger partial charge is 0.348 e. The van der Waals surface area contributed by atoms with Crippen molar-refractivity contribution in [1.82, 2.24) is 5.32 Å². The highest BCUT2D eigenvalue weighted by molar-refractivity contribution is 5.92. The van der Waals surface area contributed by atoms with Gasteiger partial charge in [0.25, 0.3) is 5.69 Å². The molecule has 8 heteroatoms. The van der Waals surface area contributed by atoms with E-state index in [-0.39, 0.29) is 17.8 Å². The van der Waals surface area contributed by atoms with Crippen molar-refractivity contribution >= 4 is 17.7 Å². The highest BCUT2D eigenvalue weighted by Gasteiger charge is 2.30. The number of nitrogens with zero attached hydrogens (tertiary/aromatic N) is 1. The first-order chi connectivity index (χ1) is 11.8. The van der Waals surface area contributed by atoms with E-state index in [1.54, 1.807) is 6.07 Å². The SMILES string of the molecule is O=C(/C=C/c1ccccc1[N+](=O)[O-])NCc1cccc(C(F)(F)F)c1. The van der Waals surface area contributed by atoms with Crippen LogP contribution in [0.5, 0.6) is 0 Å². The summed E-state index contributed by atoms with van der Waals surface area (Å²) in [5, 5.41) is 13.3. The third kappa shape index (κ3) is 5.17. The Morgan fingerprint density at radius 3 is 2.56 bits per heavy atom. The summed E-state index contributed by atoms with van der Waals surface area (Å²) in [5.41, 5.74) is -0.400. The molecule has 0 aliphatic heterocycles. The molecule has 5 nitrogen and oxygen atoms in total. The van der Waals surface area contributed by atoms with Gasteiger partial charge in [-0.15, -0.1) is 0 Å². The molecule has 0 bridgehead atoms. The Balaban J connectivity index is 2.01. The van der Waals surface area contributed by atoms with E-state index in [0.29, 0.717) is 5.56 Å². The number of nitrogens with one attached hydrogen (secondary N) is 1. The number of halogens is 3. The maximum absolute atomic E-state index is 12.6. The van der Waals surface area contributed by atoms with E-state index < -0.39 is 22.6 Å². The van der Waals surface area contributed by atoms with E-state index in [4.69, 9.17) is 0 Å². The summed E-state index contributed by atoms with van der Waals surface area (Å²) >= 11 is 0. The van der Waals surface area contributed by atoms with Crippen LogP contribution in [0.1, 0.15) is 16.7 Å². The van der Waals surface area contributed by atoms with Gasteiger partial charge in [0, 0.05) is 18.7 Å². The summed E-state index contributed by atoms with van der Waals surface area (Å²) in [4.78, 5) is 22.1. The summed E-state index contributed by atoms with van der Waals surface area (Å²) in [6.07, 6.45) is -2.08. The molecule has 25 heavy (non-hydrogen) atoms. The number of nitro benzene ring substituents is 1. The van der Waals surface area contributed by atoms with Gasteiger partial charge in [-0.3, -0.25) is 14.9 Å². The highest BCUT2D eigenvalue weighted by atomic mass is 19.4. The lowest BCUT2D eigenvalue weighted by Crippen LogP contribution is -2.20. The standard InChI is InChI=1S/C17H13F3N2O3/c18-17(19,20)14-6-3-4-12(10-14)11-21-16(23)9-8-13-5-1-2-7-15(13)22(24)25/h1-10H,11H2,(H,21,23)/b9-8+. The summed E-state index contributed by atoms with van der Waals surface area (Å²) < 4.78 is 37.9. The summed E-state index contributed by atoms with van der Waals surface area (Å²) in [6, 6.07) is 10.5. The quantitative estimate of drug-likeness (QED) is 0.504. The van der Waals surface area contributed by atoms with Crippen LogP contribution in [-0.2, 0) is 17.5 Å². The average molecular weight is 350 g/mol. The zero-order valence-electron chi connectivity index (χ0n) is 12.8. The molecule has 0 radical (unpaired) electrons. The Labute approximate surface area is 140 Å². The Morgan fingerprint density at radius 2 is 1.88 bits per heavy atom. The van der Waals surface area contributed by atoms with E-state index in [0.717, 1.165) is 18.2 Å². The van der Waals surface area contributed by atoms with Gasteiger partial charge in [-0.2, -0.15) is 13.2 Å². The van der Waals surface area contributed by atoms with Crippen LogP contribution in [0.15, 0.2) is 54.6 Å². The maximum Gasteiger partial charge on any atom is 0.416 e. The molecule has 130 valence electrons. The van der Waals surface area contributed by atoms with Gasteiger partial charge in [0.2, 0.25) is 5.91 Å². The van der Waals surface area contributed by atoms with Crippen molar-refractivity contribution in [3.63, 3.8) is 0 Å². The van der Waals surface area contributed by atoms with Gasteiger partial charge < -0.3 is 5.32 Å². The molecule has 1 amide bonds. The molecule has 0 aliphatic carbocycles. The zero-order valence-corrected chi connectivity index (χ0v) is 12.8. The molecule has 2 aromatic carbocycles. The largest absolute Gasteiger partial charge is 0.416 e. The van der Waals surface area contributed by atoms with E-state index in [1.165, 1.54) is 36.4 Å². The minimum Gasteiger partial charge on any atom is -0.348 e. The van der Waals surface area contributed by atoms with Crippen LogP contribution < -0.4 is 5.32 Å². The molecule has 0 heterocycles. The number of para-hydroxylation sites is 1. The second-order valence-electron chi connectivity index (χ2n) is 5.07. The third-order valence-corrected chi connectivity index (χ3v) is 3.27. The number of amides is 1. The highest BCUT2D eigenvalue weighted by Crippen LogP contribution is 2.29. The lowest BCUT2D eigenvalue weighted by atomic mass is 10.1. The molecule has 0 saturated heterocycles. The summed E-state index contributed by atoms with van der Waals surface area (Å²) in [5.74, 6) is -0.574. The van der Waals surface area contributed by atoms with Crippen molar-refractivity contribution in [2.75, 3.05) is 0 Å². The minimum atomic E-state index is -4.45. The van der Waals surface area contributed by atoms with E-state index >= 15 is 0 Å². The molecule has 2 rings (SSSR count). The number of hydrogen-bond acceptors (Lipinski definition) is 3. The number of nitro groups is 1. The van der Waals surface area contributed by atoms with Gasteiger partial charge in [-0.25, -0.2) is 0 Å². The van der Waals surface area contributed by atoms with Crippen molar-refractivity contribution in [3.8, 4) is 0 Å². The van der Waals surface area contributed by atoms with Crippen molar-refractivity contribution in [2.24, 2.45) is 0 Å². The number of carbonyl (C=O) groups excluding carboxylic acids is 1. The molecular formula is C17H13F3N2O3. The monoisotopic (exact) mass is 350 g/mol. The molecule has 0 fully saturated rings. The fraction of sp³-hybridized carbons (Fsp3) is 0.118. The number of carbonyl (C=O) groups is 1. The predicted molar refractivity (Wildman–Crippen MR) is 85.4 cm³/mol. The normalized spacial score (nSPS) is 11.5. The lowest BCUT2D eigenvalue weighted by Gasteiger charge is -2.08. The third-order valence-electron chi connectivity index (χ3n) is 3.27. The number of alkyl halides is 3. The molecule has 0 unspecified atom stereocenters. The van der Waals surface area contributed by atoms with Crippen LogP contribution in [0.25, 0.3) is 6.08 Å². The fourth-order valence-electron chi connectivity index (χ4n) is 2.07. The summed E-state index contributed by atoms with van der Waals surface area (Å²) in [6.45, 7) is -0.0933. The first kappa shape index (κ1) is 18.2. The van der Waals surface area contributed by atoms with E-state index in [9.17, 15) is 28.1 Å². The Kier molecular flexibility index (Phi) is 5.53. The van der Waals surface area contributed by atoms with Crippen LogP contribution in [0, 0.1) is 10.1 Å². The van der Waals surface area contributed by atoms with Gasteiger partial charge in [0.15, 0.2) is 0 Å². The van der Waals surface area contributed by atoms with Crippen molar-refractivity contribution in [1.29, 1.82) is 0 Å². The lowest BCUT2D eigenvalue weighted by molar-refractivity contribution is -0.385. The van der Waals surface area contributed by atoms with Crippen LogP contribution >= 0.6 is 0 Å². The minimum absolute atomic E-state index is 0.0933. The Hall–Kier alpha value is -3.16. The van der Waals surface area contributed by atoms with Gasteiger partial charge >= 0.3 is 6.18 Å². The topological polar surface area (TPSA) is 72.2 Å². The molecule has 0 aliphatic rings. The van der Waals surface area contributed by atoms with Gasteiger partial charge in [-0.1, -0.05) is 24.3 Å². The van der Waals surface area contributed by atoms with Crippen LogP contribution in [0.2, 0.25) is 0 Å². The number of benzene rings is 2. The summed E-state index contributed by atoms with van der Waals surface area (Å²) in [7, 11) is 0. The average Bonchev–Trinajstić information content (AvgIpc) is 2.58. The molecular weight excluding hydrogens is 337 g/mol.